The summed E-state index contributed by atoms with van der Waals surface area (Å²) in [6.07, 6.45) is 2.35. The topological polar surface area (TPSA) is 81.3 Å². The molecule has 0 spiro atoms. The quantitative estimate of drug-likeness (QED) is 0.349. The molecule has 1 heterocycles. The van der Waals surface area contributed by atoms with E-state index in [1.807, 2.05) is 18.2 Å². The van der Waals surface area contributed by atoms with E-state index in [1.165, 1.54) is 6.42 Å². The molecular formula is C17H29IN4O3. The van der Waals surface area contributed by atoms with Gasteiger partial charge >= 0.3 is 0 Å². The molecule has 0 bridgehead atoms. The number of aliphatic imine (C=N–C) groups is 1. The fourth-order valence-electron chi connectivity index (χ4n) is 2.91. The number of nitrogens with zero attached hydrogens (tertiary/aromatic N) is 2. The fourth-order valence-corrected chi connectivity index (χ4v) is 2.91. The van der Waals surface area contributed by atoms with Crippen LogP contribution in [0.15, 0.2) is 23.2 Å². The summed E-state index contributed by atoms with van der Waals surface area (Å²) in [6, 6.07) is 5.98. The number of benzene rings is 1. The minimum absolute atomic E-state index is 0. The van der Waals surface area contributed by atoms with Gasteiger partial charge in [-0.25, -0.2) is 0 Å². The highest BCUT2D eigenvalue weighted by Gasteiger charge is 2.23. The van der Waals surface area contributed by atoms with E-state index in [2.05, 4.69) is 15.2 Å². The molecule has 8 heteroatoms. The van der Waals surface area contributed by atoms with Gasteiger partial charge in [0.25, 0.3) is 0 Å². The molecule has 1 aromatic carbocycles. The highest BCUT2D eigenvalue weighted by Crippen LogP contribution is 2.29. The van der Waals surface area contributed by atoms with Crippen LogP contribution in [0, 0.1) is 0 Å². The first kappa shape index (κ1) is 21.8. The van der Waals surface area contributed by atoms with Gasteiger partial charge in [0.05, 0.1) is 27.4 Å². The number of nitrogens with one attached hydrogen (secondary N) is 1. The number of anilines is 1. The van der Waals surface area contributed by atoms with Crippen LogP contribution in [0.25, 0.3) is 0 Å². The Kier molecular flexibility index (Phi) is 9.91. The zero-order chi connectivity index (χ0) is 17.4. The van der Waals surface area contributed by atoms with Crippen LogP contribution in [0.2, 0.25) is 0 Å². The minimum Gasteiger partial charge on any atom is -0.493 e. The molecule has 0 amide bonds. The lowest BCUT2D eigenvalue weighted by Crippen LogP contribution is -2.35. The van der Waals surface area contributed by atoms with Crippen LogP contribution in [0.1, 0.15) is 12.8 Å². The Morgan fingerprint density at radius 2 is 2.04 bits per heavy atom. The summed E-state index contributed by atoms with van der Waals surface area (Å²) in [4.78, 5) is 6.90. The van der Waals surface area contributed by atoms with Crippen molar-refractivity contribution in [3.05, 3.63) is 18.2 Å². The maximum absolute atomic E-state index is 6.02. The smallest absolute Gasteiger partial charge is 0.193 e. The average molecular weight is 464 g/mol. The summed E-state index contributed by atoms with van der Waals surface area (Å²) in [5, 5.41) is 3.10. The average Bonchev–Trinajstić information content (AvgIpc) is 3.05. The molecule has 0 aliphatic carbocycles. The molecule has 2 rings (SSSR count). The van der Waals surface area contributed by atoms with Crippen molar-refractivity contribution < 1.29 is 14.2 Å². The van der Waals surface area contributed by atoms with Crippen molar-refractivity contribution in [3.63, 3.8) is 0 Å². The van der Waals surface area contributed by atoms with Crippen molar-refractivity contribution >= 4 is 35.6 Å². The predicted octanol–water partition coefficient (Wildman–Crippen LogP) is 2.16. The molecule has 142 valence electrons. The lowest BCUT2D eigenvalue weighted by Gasteiger charge is -2.22. The van der Waals surface area contributed by atoms with E-state index in [1.54, 1.807) is 21.3 Å². The van der Waals surface area contributed by atoms with Crippen molar-refractivity contribution in [1.29, 1.82) is 0 Å². The van der Waals surface area contributed by atoms with Crippen molar-refractivity contribution in [2.24, 2.45) is 10.7 Å². The first-order valence-electron chi connectivity index (χ1n) is 8.20. The number of hydrogen-bond donors (Lipinski definition) is 2. The molecule has 0 saturated carbocycles. The normalized spacial score (nSPS) is 17.9. The molecular weight excluding hydrogens is 435 g/mol. The van der Waals surface area contributed by atoms with Gasteiger partial charge in [-0.2, -0.15) is 0 Å². The SMILES string of the molecule is COCCN1CCCC1CN=C(N)Nc1ccc(OC)c(OC)c1.I. The summed E-state index contributed by atoms with van der Waals surface area (Å²) in [5.74, 6) is 1.73. The van der Waals surface area contributed by atoms with Crippen molar-refractivity contribution in [2.45, 2.75) is 18.9 Å². The maximum atomic E-state index is 6.02. The number of guanidine groups is 1. The van der Waals surface area contributed by atoms with Crippen LogP contribution in [0.4, 0.5) is 5.69 Å². The number of ether oxygens (including phenoxy) is 3. The van der Waals surface area contributed by atoms with Crippen LogP contribution >= 0.6 is 24.0 Å². The lowest BCUT2D eigenvalue weighted by atomic mass is 10.2. The van der Waals surface area contributed by atoms with Crippen LogP contribution in [-0.2, 0) is 4.74 Å². The van der Waals surface area contributed by atoms with Gasteiger partial charge in [-0.05, 0) is 31.5 Å². The Morgan fingerprint density at radius 1 is 1.28 bits per heavy atom. The molecule has 1 aromatic rings. The fraction of sp³-hybridized carbons (Fsp3) is 0.588. The lowest BCUT2D eigenvalue weighted by molar-refractivity contribution is 0.143. The Morgan fingerprint density at radius 3 is 2.72 bits per heavy atom. The van der Waals surface area contributed by atoms with Crippen molar-refractivity contribution in [1.82, 2.24) is 4.90 Å². The Labute approximate surface area is 166 Å². The number of rotatable bonds is 8. The van der Waals surface area contributed by atoms with E-state index in [0.717, 1.165) is 31.8 Å². The summed E-state index contributed by atoms with van der Waals surface area (Å²) in [7, 11) is 4.94. The van der Waals surface area contributed by atoms with Crippen LogP contribution < -0.4 is 20.5 Å². The first-order chi connectivity index (χ1) is 11.7. The molecule has 1 saturated heterocycles. The summed E-state index contributed by atoms with van der Waals surface area (Å²) < 4.78 is 15.7. The molecule has 0 radical (unpaired) electrons. The molecule has 7 nitrogen and oxygen atoms in total. The third kappa shape index (κ3) is 6.52. The molecule has 1 unspecified atom stereocenters. The number of methoxy groups -OCH3 is 3. The zero-order valence-corrected chi connectivity index (χ0v) is 17.5. The molecule has 1 atom stereocenters. The van der Waals surface area contributed by atoms with E-state index in [4.69, 9.17) is 19.9 Å². The molecule has 1 fully saturated rings. The van der Waals surface area contributed by atoms with Gasteiger partial charge in [0, 0.05) is 31.5 Å². The minimum atomic E-state index is 0. The second-order valence-electron chi connectivity index (χ2n) is 5.75. The van der Waals surface area contributed by atoms with Gasteiger partial charge in [-0.15, -0.1) is 24.0 Å². The predicted molar refractivity (Wildman–Crippen MR) is 112 cm³/mol. The summed E-state index contributed by atoms with van der Waals surface area (Å²) in [5.41, 5.74) is 6.83. The third-order valence-electron chi connectivity index (χ3n) is 4.21. The van der Waals surface area contributed by atoms with Crippen LogP contribution in [0.3, 0.4) is 0 Å². The van der Waals surface area contributed by atoms with Gasteiger partial charge in [-0.3, -0.25) is 9.89 Å². The van der Waals surface area contributed by atoms with E-state index >= 15 is 0 Å². The monoisotopic (exact) mass is 464 g/mol. The molecule has 25 heavy (non-hydrogen) atoms. The zero-order valence-electron chi connectivity index (χ0n) is 15.2. The van der Waals surface area contributed by atoms with Gasteiger partial charge in [0.15, 0.2) is 17.5 Å². The van der Waals surface area contributed by atoms with Gasteiger partial charge in [0.2, 0.25) is 0 Å². The standard InChI is InChI=1S/C17H28N4O3.HI/c1-22-10-9-21-8-4-5-14(21)12-19-17(18)20-13-6-7-15(23-2)16(11-13)24-3;/h6-7,11,14H,4-5,8-10,12H2,1-3H3,(H3,18,19,20);1H. The molecule has 1 aliphatic heterocycles. The summed E-state index contributed by atoms with van der Waals surface area (Å²) in [6.45, 7) is 3.49. The number of likely N-dealkylation sites (tertiary alicyclic amines) is 1. The van der Waals surface area contributed by atoms with Gasteiger partial charge < -0.3 is 25.3 Å². The second kappa shape index (κ2) is 11.4. The largest absolute Gasteiger partial charge is 0.493 e. The van der Waals surface area contributed by atoms with Crippen molar-refractivity contribution in [2.75, 3.05) is 52.9 Å². The maximum Gasteiger partial charge on any atom is 0.193 e. The Balaban J connectivity index is 0.00000312. The van der Waals surface area contributed by atoms with E-state index in [9.17, 15) is 0 Å². The van der Waals surface area contributed by atoms with E-state index in [0.29, 0.717) is 30.0 Å². The number of halogens is 1. The highest BCUT2D eigenvalue weighted by atomic mass is 127. The molecule has 3 N–H and O–H groups in total. The number of nitrogens with two attached hydrogens (primary N) is 1. The van der Waals surface area contributed by atoms with Gasteiger partial charge in [-0.1, -0.05) is 0 Å². The second-order valence-corrected chi connectivity index (χ2v) is 5.75. The van der Waals surface area contributed by atoms with Crippen LogP contribution in [0.5, 0.6) is 11.5 Å². The van der Waals surface area contributed by atoms with Crippen LogP contribution in [-0.4, -0.2) is 64.5 Å². The molecule has 1 aliphatic rings. The highest BCUT2D eigenvalue weighted by molar-refractivity contribution is 14.0. The Hall–Kier alpha value is -1.26. The van der Waals surface area contributed by atoms with E-state index in [-0.39, 0.29) is 24.0 Å². The Bertz CT molecular complexity index is 557. The van der Waals surface area contributed by atoms with E-state index < -0.39 is 0 Å². The first-order valence-corrected chi connectivity index (χ1v) is 8.20. The van der Waals surface area contributed by atoms with Crippen molar-refractivity contribution in [3.8, 4) is 11.5 Å². The summed E-state index contributed by atoms with van der Waals surface area (Å²) >= 11 is 0. The third-order valence-corrected chi connectivity index (χ3v) is 4.21. The van der Waals surface area contributed by atoms with Gasteiger partial charge in [0.1, 0.15) is 0 Å². The molecule has 0 aromatic heterocycles. The number of hydrogen-bond acceptors (Lipinski definition) is 5.